The quantitative estimate of drug-likeness (QED) is 0.636. The van der Waals surface area contributed by atoms with Crippen LogP contribution in [0.5, 0.6) is 0 Å². The molecule has 2 nitrogen and oxygen atoms in total. The molecule has 1 aromatic rings. The zero-order valence-corrected chi connectivity index (χ0v) is 8.56. The summed E-state index contributed by atoms with van der Waals surface area (Å²) in [7, 11) is -2.90. The SMILES string of the molecule is Cc1ccc2c(c1)CS(=O)(=O)[C@@H]2C. The molecule has 1 atom stereocenters. The van der Waals surface area contributed by atoms with Crippen molar-refractivity contribution in [1.29, 1.82) is 0 Å². The van der Waals surface area contributed by atoms with E-state index in [-0.39, 0.29) is 11.0 Å². The Morgan fingerprint density at radius 2 is 2.08 bits per heavy atom. The lowest BCUT2D eigenvalue weighted by Crippen LogP contribution is -2.01. The Morgan fingerprint density at radius 3 is 2.77 bits per heavy atom. The van der Waals surface area contributed by atoms with Gasteiger partial charge in [0.2, 0.25) is 0 Å². The molecule has 0 saturated carbocycles. The van der Waals surface area contributed by atoms with Gasteiger partial charge in [-0.2, -0.15) is 0 Å². The molecule has 2 rings (SSSR count). The Kier molecular flexibility index (Phi) is 1.74. The van der Waals surface area contributed by atoms with Crippen molar-refractivity contribution in [3.8, 4) is 0 Å². The Bertz CT molecular complexity index is 446. The van der Waals surface area contributed by atoms with Crippen molar-refractivity contribution in [3.63, 3.8) is 0 Å². The molecule has 0 N–H and O–H groups in total. The maximum absolute atomic E-state index is 11.5. The number of benzene rings is 1. The van der Waals surface area contributed by atoms with Crippen LogP contribution in [0.25, 0.3) is 0 Å². The topological polar surface area (TPSA) is 34.1 Å². The summed E-state index contributed by atoms with van der Waals surface area (Å²) < 4.78 is 23.1. The average molecular weight is 196 g/mol. The number of aryl methyl sites for hydroxylation is 1. The minimum Gasteiger partial charge on any atom is -0.228 e. The van der Waals surface area contributed by atoms with Crippen molar-refractivity contribution in [3.05, 3.63) is 34.9 Å². The third-order valence-electron chi connectivity index (χ3n) is 2.63. The normalized spacial score (nSPS) is 24.3. The molecule has 0 fully saturated rings. The summed E-state index contributed by atoms with van der Waals surface area (Å²) in [5, 5.41) is -0.317. The van der Waals surface area contributed by atoms with Crippen molar-refractivity contribution < 1.29 is 8.42 Å². The van der Waals surface area contributed by atoms with Gasteiger partial charge < -0.3 is 0 Å². The van der Waals surface area contributed by atoms with Crippen LogP contribution in [0, 0.1) is 6.92 Å². The second-order valence-electron chi connectivity index (χ2n) is 3.65. The lowest BCUT2D eigenvalue weighted by Gasteiger charge is -2.02. The Morgan fingerprint density at radius 1 is 1.38 bits per heavy atom. The highest BCUT2D eigenvalue weighted by Gasteiger charge is 2.32. The molecule has 3 heteroatoms. The molecule has 0 aromatic heterocycles. The van der Waals surface area contributed by atoms with Crippen molar-refractivity contribution in [2.45, 2.75) is 24.9 Å². The van der Waals surface area contributed by atoms with Gasteiger partial charge in [0.1, 0.15) is 0 Å². The largest absolute Gasteiger partial charge is 0.228 e. The maximum Gasteiger partial charge on any atom is 0.161 e. The average Bonchev–Trinajstić information content (AvgIpc) is 2.22. The Balaban J connectivity index is 2.63. The zero-order chi connectivity index (χ0) is 9.64. The number of rotatable bonds is 0. The van der Waals surface area contributed by atoms with E-state index in [4.69, 9.17) is 0 Å². The van der Waals surface area contributed by atoms with Crippen molar-refractivity contribution in [2.75, 3.05) is 0 Å². The van der Waals surface area contributed by atoms with Crippen LogP contribution in [0.2, 0.25) is 0 Å². The van der Waals surface area contributed by atoms with E-state index in [1.807, 2.05) is 25.1 Å². The highest BCUT2D eigenvalue weighted by Crippen LogP contribution is 2.35. The van der Waals surface area contributed by atoms with Gasteiger partial charge in [-0.3, -0.25) is 0 Å². The smallest absolute Gasteiger partial charge is 0.161 e. The Labute approximate surface area is 78.5 Å². The van der Waals surface area contributed by atoms with Crippen LogP contribution < -0.4 is 0 Å². The monoisotopic (exact) mass is 196 g/mol. The summed E-state index contributed by atoms with van der Waals surface area (Å²) in [6.07, 6.45) is 0. The van der Waals surface area contributed by atoms with Gasteiger partial charge in [-0.25, -0.2) is 8.42 Å². The van der Waals surface area contributed by atoms with Gasteiger partial charge in [0.15, 0.2) is 9.84 Å². The zero-order valence-electron chi connectivity index (χ0n) is 7.74. The van der Waals surface area contributed by atoms with Crippen molar-refractivity contribution in [1.82, 2.24) is 0 Å². The van der Waals surface area contributed by atoms with E-state index in [1.165, 1.54) is 0 Å². The van der Waals surface area contributed by atoms with Crippen LogP contribution >= 0.6 is 0 Å². The van der Waals surface area contributed by atoms with Crippen LogP contribution in [-0.4, -0.2) is 8.42 Å². The molecule has 13 heavy (non-hydrogen) atoms. The van der Waals surface area contributed by atoms with Crippen LogP contribution in [0.1, 0.15) is 28.9 Å². The van der Waals surface area contributed by atoms with Gasteiger partial charge in [0.05, 0.1) is 11.0 Å². The first kappa shape index (κ1) is 8.75. The number of sulfone groups is 1. The molecule has 0 amide bonds. The molecule has 1 heterocycles. The number of hydrogen-bond acceptors (Lipinski definition) is 2. The van der Waals surface area contributed by atoms with Crippen LogP contribution in [0.4, 0.5) is 0 Å². The van der Waals surface area contributed by atoms with Gasteiger partial charge in [0, 0.05) is 0 Å². The van der Waals surface area contributed by atoms with Crippen molar-refractivity contribution >= 4 is 9.84 Å². The van der Waals surface area contributed by atoms with Gasteiger partial charge in [-0.1, -0.05) is 23.8 Å². The second-order valence-corrected chi connectivity index (χ2v) is 5.97. The molecule has 70 valence electrons. The van der Waals surface area contributed by atoms with E-state index < -0.39 is 9.84 Å². The number of hydrogen-bond donors (Lipinski definition) is 0. The van der Waals surface area contributed by atoms with E-state index in [1.54, 1.807) is 6.92 Å². The first-order valence-corrected chi connectivity index (χ1v) is 6.03. The molecular weight excluding hydrogens is 184 g/mol. The molecule has 1 aliphatic heterocycles. The minimum atomic E-state index is -2.90. The molecule has 0 bridgehead atoms. The molecule has 0 spiro atoms. The van der Waals surface area contributed by atoms with E-state index >= 15 is 0 Å². The minimum absolute atomic E-state index is 0.213. The Hall–Kier alpha value is -0.830. The summed E-state index contributed by atoms with van der Waals surface area (Å²) in [5.74, 6) is 0.213. The fourth-order valence-corrected chi connectivity index (χ4v) is 3.34. The lowest BCUT2D eigenvalue weighted by molar-refractivity contribution is 0.590. The molecule has 0 radical (unpaired) electrons. The molecule has 0 unspecified atom stereocenters. The van der Waals surface area contributed by atoms with Gasteiger partial charge in [0.25, 0.3) is 0 Å². The van der Waals surface area contributed by atoms with E-state index in [0.29, 0.717) is 0 Å². The summed E-state index contributed by atoms with van der Waals surface area (Å²) in [5.41, 5.74) is 3.08. The fraction of sp³-hybridized carbons (Fsp3) is 0.400. The van der Waals surface area contributed by atoms with Crippen LogP contribution in [0.3, 0.4) is 0 Å². The molecule has 0 aliphatic carbocycles. The molecule has 1 aromatic carbocycles. The van der Waals surface area contributed by atoms with E-state index in [2.05, 4.69) is 0 Å². The number of fused-ring (bicyclic) bond motifs is 1. The summed E-state index contributed by atoms with van der Waals surface area (Å²) in [6.45, 7) is 3.74. The van der Waals surface area contributed by atoms with Crippen molar-refractivity contribution in [2.24, 2.45) is 0 Å². The fourth-order valence-electron chi connectivity index (χ4n) is 1.79. The lowest BCUT2D eigenvalue weighted by atomic mass is 10.0. The van der Waals surface area contributed by atoms with Gasteiger partial charge in [-0.15, -0.1) is 0 Å². The second kappa shape index (κ2) is 2.58. The molecule has 1 aliphatic rings. The highest BCUT2D eigenvalue weighted by molar-refractivity contribution is 7.91. The summed E-state index contributed by atoms with van der Waals surface area (Å²) in [4.78, 5) is 0. The summed E-state index contributed by atoms with van der Waals surface area (Å²) >= 11 is 0. The van der Waals surface area contributed by atoms with Gasteiger partial charge in [-0.05, 0) is 25.0 Å². The van der Waals surface area contributed by atoms with Crippen LogP contribution in [-0.2, 0) is 15.6 Å². The first-order valence-electron chi connectivity index (χ1n) is 4.32. The van der Waals surface area contributed by atoms with Crippen LogP contribution in [0.15, 0.2) is 18.2 Å². The first-order chi connectivity index (χ1) is 6.00. The summed E-state index contributed by atoms with van der Waals surface area (Å²) in [6, 6.07) is 5.87. The van der Waals surface area contributed by atoms with E-state index in [0.717, 1.165) is 16.7 Å². The third-order valence-corrected chi connectivity index (χ3v) is 4.68. The van der Waals surface area contributed by atoms with E-state index in [9.17, 15) is 8.42 Å². The predicted molar refractivity (Wildman–Crippen MR) is 52.2 cm³/mol. The predicted octanol–water partition coefficient (Wildman–Crippen LogP) is 1.98. The highest BCUT2D eigenvalue weighted by atomic mass is 32.2. The third kappa shape index (κ3) is 1.27. The van der Waals surface area contributed by atoms with Gasteiger partial charge >= 0.3 is 0 Å². The molecular formula is C10H12O2S. The standard InChI is InChI=1S/C10H12O2S/c1-7-3-4-10-8(2)13(11,12)6-9(10)5-7/h3-5,8H,6H2,1-2H3/t8-/m1/s1. The maximum atomic E-state index is 11.5. The molecule has 0 saturated heterocycles.